The van der Waals surface area contributed by atoms with Gasteiger partial charge in [-0.25, -0.2) is 8.42 Å². The molecule has 118 valence electrons. The van der Waals surface area contributed by atoms with Crippen LogP contribution in [0.1, 0.15) is 25.0 Å². The van der Waals surface area contributed by atoms with E-state index in [0.29, 0.717) is 6.54 Å². The number of carbonyl (C=O) groups is 1. The number of hydrogen-bond donors (Lipinski definition) is 2. The molecule has 0 fully saturated rings. The van der Waals surface area contributed by atoms with Crippen LogP contribution in [0, 0.1) is 13.8 Å². The summed E-state index contributed by atoms with van der Waals surface area (Å²) in [6.07, 6.45) is 0. The summed E-state index contributed by atoms with van der Waals surface area (Å²) in [7, 11) is -3.79. The van der Waals surface area contributed by atoms with Crippen LogP contribution in [0.2, 0.25) is 0 Å². The van der Waals surface area contributed by atoms with E-state index in [1.165, 1.54) is 0 Å². The lowest BCUT2D eigenvalue weighted by atomic mass is 10.1. The number of nitrogens with one attached hydrogen (secondary N) is 1. The van der Waals surface area contributed by atoms with Crippen molar-refractivity contribution >= 4 is 21.6 Å². The number of benzene rings is 1. The molecule has 0 saturated heterocycles. The number of sulfonamides is 1. The molecule has 0 bridgehead atoms. The monoisotopic (exact) mass is 313 g/mol. The van der Waals surface area contributed by atoms with Crippen LogP contribution in [0.25, 0.3) is 0 Å². The van der Waals surface area contributed by atoms with Gasteiger partial charge in [-0.1, -0.05) is 6.92 Å². The number of amides is 1. The molecule has 0 aliphatic rings. The van der Waals surface area contributed by atoms with Gasteiger partial charge in [0.25, 0.3) is 0 Å². The minimum Gasteiger partial charge on any atom is -0.398 e. The summed E-state index contributed by atoms with van der Waals surface area (Å²) >= 11 is 0. The van der Waals surface area contributed by atoms with Crippen LogP contribution in [0.15, 0.2) is 17.0 Å². The van der Waals surface area contributed by atoms with E-state index >= 15 is 0 Å². The highest BCUT2D eigenvalue weighted by Crippen LogP contribution is 2.25. The van der Waals surface area contributed by atoms with Gasteiger partial charge in [-0.3, -0.25) is 4.79 Å². The van der Waals surface area contributed by atoms with Crippen LogP contribution in [-0.2, 0) is 14.8 Å². The third-order valence-electron chi connectivity index (χ3n) is 3.29. The van der Waals surface area contributed by atoms with Crippen molar-refractivity contribution in [2.75, 3.05) is 25.4 Å². The molecule has 0 aliphatic heterocycles. The van der Waals surface area contributed by atoms with E-state index < -0.39 is 10.0 Å². The molecule has 7 heteroatoms. The summed E-state index contributed by atoms with van der Waals surface area (Å²) in [5, 5.41) is 2.59. The molecule has 1 amide bonds. The molecule has 21 heavy (non-hydrogen) atoms. The van der Waals surface area contributed by atoms with Crippen molar-refractivity contribution in [1.82, 2.24) is 9.62 Å². The first-order valence-corrected chi connectivity index (χ1v) is 8.31. The van der Waals surface area contributed by atoms with Crippen molar-refractivity contribution in [1.29, 1.82) is 0 Å². The predicted molar refractivity (Wildman–Crippen MR) is 83.4 cm³/mol. The van der Waals surface area contributed by atoms with Gasteiger partial charge in [0.2, 0.25) is 15.9 Å². The third kappa shape index (κ3) is 3.95. The van der Waals surface area contributed by atoms with E-state index in [1.807, 2.05) is 13.8 Å². The Kier molecular flexibility index (Phi) is 5.74. The van der Waals surface area contributed by atoms with Gasteiger partial charge in [0.05, 0.1) is 12.2 Å². The Morgan fingerprint density at radius 3 is 2.33 bits per heavy atom. The van der Waals surface area contributed by atoms with Crippen molar-refractivity contribution in [3.63, 3.8) is 0 Å². The lowest BCUT2D eigenvalue weighted by molar-refractivity contribution is -0.121. The molecule has 0 spiro atoms. The molecule has 0 heterocycles. The lowest BCUT2D eigenvalue weighted by Gasteiger charge is -2.21. The highest BCUT2D eigenvalue weighted by molar-refractivity contribution is 7.89. The maximum absolute atomic E-state index is 12.7. The Balaban J connectivity index is 3.19. The molecule has 0 atom stereocenters. The van der Waals surface area contributed by atoms with E-state index in [4.69, 9.17) is 5.73 Å². The first-order valence-electron chi connectivity index (χ1n) is 6.87. The van der Waals surface area contributed by atoms with Crippen molar-refractivity contribution in [2.45, 2.75) is 32.6 Å². The second-order valence-electron chi connectivity index (χ2n) is 4.86. The molecular formula is C14H23N3O3S. The van der Waals surface area contributed by atoms with Crippen molar-refractivity contribution in [3.8, 4) is 0 Å². The fourth-order valence-electron chi connectivity index (χ4n) is 1.95. The average Bonchev–Trinajstić information content (AvgIpc) is 2.40. The number of nitrogens with two attached hydrogens (primary N) is 1. The smallest absolute Gasteiger partial charge is 0.245 e. The Morgan fingerprint density at radius 2 is 1.81 bits per heavy atom. The largest absolute Gasteiger partial charge is 0.398 e. The second kappa shape index (κ2) is 6.91. The SMILES string of the molecule is CCNC(=O)CN(CC)S(=O)(=O)c1cc(C)c(C)cc1N. The van der Waals surface area contributed by atoms with E-state index in [0.717, 1.165) is 15.4 Å². The summed E-state index contributed by atoms with van der Waals surface area (Å²) in [5.41, 5.74) is 7.83. The van der Waals surface area contributed by atoms with Crippen molar-refractivity contribution in [3.05, 3.63) is 23.3 Å². The molecule has 0 saturated carbocycles. The van der Waals surface area contributed by atoms with Crippen LogP contribution < -0.4 is 11.1 Å². The van der Waals surface area contributed by atoms with Gasteiger partial charge in [-0.2, -0.15) is 4.31 Å². The van der Waals surface area contributed by atoms with Crippen LogP contribution in [0.3, 0.4) is 0 Å². The van der Waals surface area contributed by atoms with Crippen LogP contribution >= 0.6 is 0 Å². The summed E-state index contributed by atoms with van der Waals surface area (Å²) in [6, 6.07) is 3.20. The topological polar surface area (TPSA) is 92.5 Å². The minimum atomic E-state index is -3.79. The van der Waals surface area contributed by atoms with Crippen LogP contribution in [0.4, 0.5) is 5.69 Å². The Labute approximate surface area is 126 Å². The van der Waals surface area contributed by atoms with E-state index in [9.17, 15) is 13.2 Å². The molecule has 6 nitrogen and oxygen atoms in total. The fourth-order valence-corrected chi connectivity index (χ4v) is 3.54. The van der Waals surface area contributed by atoms with Gasteiger partial charge in [0.1, 0.15) is 4.90 Å². The number of hydrogen-bond acceptors (Lipinski definition) is 4. The van der Waals surface area contributed by atoms with E-state index in [-0.39, 0.29) is 29.6 Å². The molecule has 0 radical (unpaired) electrons. The first-order chi connectivity index (χ1) is 9.73. The van der Waals surface area contributed by atoms with Crippen LogP contribution in [0.5, 0.6) is 0 Å². The maximum Gasteiger partial charge on any atom is 0.245 e. The highest BCUT2D eigenvalue weighted by atomic mass is 32.2. The second-order valence-corrected chi connectivity index (χ2v) is 6.77. The molecular weight excluding hydrogens is 290 g/mol. The van der Waals surface area contributed by atoms with Gasteiger partial charge in [0, 0.05) is 13.1 Å². The summed E-state index contributed by atoms with van der Waals surface area (Å²) < 4.78 is 26.4. The number of anilines is 1. The number of nitrogens with zero attached hydrogens (tertiary/aromatic N) is 1. The number of carbonyl (C=O) groups excluding carboxylic acids is 1. The molecule has 1 aromatic rings. The number of rotatable bonds is 6. The normalized spacial score (nSPS) is 11.7. The average molecular weight is 313 g/mol. The number of aryl methyl sites for hydroxylation is 2. The van der Waals surface area contributed by atoms with Crippen molar-refractivity contribution < 1.29 is 13.2 Å². The van der Waals surface area contributed by atoms with E-state index in [2.05, 4.69) is 5.32 Å². The molecule has 3 N–H and O–H groups in total. The van der Waals surface area contributed by atoms with Gasteiger partial charge in [-0.15, -0.1) is 0 Å². The molecule has 1 aromatic carbocycles. The summed E-state index contributed by atoms with van der Waals surface area (Å²) in [5.74, 6) is -0.328. The van der Waals surface area contributed by atoms with Gasteiger partial charge < -0.3 is 11.1 Å². The Hall–Kier alpha value is -1.60. The summed E-state index contributed by atoms with van der Waals surface area (Å²) in [6.45, 7) is 7.62. The highest BCUT2D eigenvalue weighted by Gasteiger charge is 2.27. The van der Waals surface area contributed by atoms with Gasteiger partial charge >= 0.3 is 0 Å². The zero-order chi connectivity index (χ0) is 16.2. The van der Waals surface area contributed by atoms with Gasteiger partial charge in [-0.05, 0) is 44.0 Å². The number of likely N-dealkylation sites (N-methyl/N-ethyl adjacent to an activating group) is 2. The minimum absolute atomic E-state index is 0.0525. The molecule has 1 rings (SSSR count). The Morgan fingerprint density at radius 1 is 1.24 bits per heavy atom. The fraction of sp³-hybridized carbons (Fsp3) is 0.500. The van der Waals surface area contributed by atoms with Gasteiger partial charge in [0.15, 0.2) is 0 Å². The summed E-state index contributed by atoms with van der Waals surface area (Å²) in [4.78, 5) is 11.7. The molecule has 0 aliphatic carbocycles. The molecule has 0 unspecified atom stereocenters. The van der Waals surface area contributed by atoms with Crippen molar-refractivity contribution in [2.24, 2.45) is 0 Å². The quantitative estimate of drug-likeness (QED) is 0.767. The number of nitrogen functional groups attached to an aromatic ring is 1. The van der Waals surface area contributed by atoms with E-state index in [1.54, 1.807) is 26.0 Å². The predicted octanol–water partition coefficient (Wildman–Crippen LogP) is 1.03. The molecule has 0 aromatic heterocycles. The standard InChI is InChI=1S/C14H23N3O3S/c1-5-16-14(18)9-17(6-2)21(19,20)13-8-11(4)10(3)7-12(13)15/h7-8H,5-6,9,15H2,1-4H3,(H,16,18). The zero-order valence-corrected chi connectivity index (χ0v) is 13.8. The first kappa shape index (κ1) is 17.5. The Bertz CT molecular complexity index is 627. The van der Waals surface area contributed by atoms with Crippen LogP contribution in [-0.4, -0.2) is 38.3 Å². The third-order valence-corrected chi connectivity index (χ3v) is 5.27. The zero-order valence-electron chi connectivity index (χ0n) is 12.9. The maximum atomic E-state index is 12.7. The lowest BCUT2D eigenvalue weighted by Crippen LogP contribution is -2.40.